The number of unbranched alkanes of at least 4 members (excludes halogenated alkanes) is 2. The SMILES string of the molecule is CC1(c2ccc(NC(=O)CCCCCN)cc2)OCCCO1. The molecule has 5 heteroatoms. The Hall–Kier alpha value is -1.43. The van der Waals surface area contributed by atoms with E-state index in [9.17, 15) is 4.79 Å². The summed E-state index contributed by atoms with van der Waals surface area (Å²) < 4.78 is 11.5. The molecule has 1 saturated heterocycles. The Morgan fingerprint density at radius 3 is 2.50 bits per heavy atom. The molecular formula is C17H26N2O3. The lowest BCUT2D eigenvalue weighted by Crippen LogP contribution is -2.34. The third-order valence-corrected chi connectivity index (χ3v) is 3.84. The zero-order valence-electron chi connectivity index (χ0n) is 13.3. The van der Waals surface area contributed by atoms with Gasteiger partial charge in [-0.15, -0.1) is 0 Å². The predicted molar refractivity (Wildman–Crippen MR) is 86.5 cm³/mol. The molecule has 0 saturated carbocycles. The standard InChI is InChI=1S/C17H26N2O3/c1-17(21-12-5-13-22-17)14-7-9-15(10-8-14)19-16(20)6-3-2-4-11-18/h7-10H,2-6,11-13,18H2,1H3,(H,19,20). The summed E-state index contributed by atoms with van der Waals surface area (Å²) in [6.45, 7) is 4.03. The van der Waals surface area contributed by atoms with Gasteiger partial charge in [-0.3, -0.25) is 4.79 Å². The van der Waals surface area contributed by atoms with E-state index in [4.69, 9.17) is 15.2 Å². The van der Waals surface area contributed by atoms with Crippen LogP contribution in [0.4, 0.5) is 5.69 Å². The van der Waals surface area contributed by atoms with E-state index in [0.717, 1.165) is 36.9 Å². The average Bonchev–Trinajstić information content (AvgIpc) is 2.53. The molecule has 0 bridgehead atoms. The largest absolute Gasteiger partial charge is 0.346 e. The van der Waals surface area contributed by atoms with Crippen molar-refractivity contribution in [2.75, 3.05) is 25.1 Å². The number of amides is 1. The van der Waals surface area contributed by atoms with Crippen molar-refractivity contribution in [2.24, 2.45) is 5.73 Å². The van der Waals surface area contributed by atoms with Crippen LogP contribution in [0.1, 0.15) is 44.6 Å². The van der Waals surface area contributed by atoms with Crippen molar-refractivity contribution in [1.82, 2.24) is 0 Å². The normalized spacial score (nSPS) is 17.2. The lowest BCUT2D eigenvalue weighted by Gasteiger charge is -2.34. The molecule has 0 aromatic heterocycles. The second-order valence-corrected chi connectivity index (χ2v) is 5.72. The van der Waals surface area contributed by atoms with Gasteiger partial charge in [0.25, 0.3) is 0 Å². The molecule has 0 aliphatic carbocycles. The van der Waals surface area contributed by atoms with Crippen LogP contribution in [0.2, 0.25) is 0 Å². The van der Waals surface area contributed by atoms with Crippen molar-refractivity contribution in [1.29, 1.82) is 0 Å². The molecule has 1 aromatic rings. The molecule has 1 aromatic carbocycles. The van der Waals surface area contributed by atoms with Crippen LogP contribution in [0.25, 0.3) is 0 Å². The Morgan fingerprint density at radius 1 is 1.18 bits per heavy atom. The highest BCUT2D eigenvalue weighted by atomic mass is 16.7. The third-order valence-electron chi connectivity index (χ3n) is 3.84. The van der Waals surface area contributed by atoms with Gasteiger partial charge >= 0.3 is 0 Å². The first-order chi connectivity index (χ1) is 10.6. The van der Waals surface area contributed by atoms with Crippen molar-refractivity contribution in [3.63, 3.8) is 0 Å². The quantitative estimate of drug-likeness (QED) is 0.760. The van der Waals surface area contributed by atoms with Gasteiger partial charge in [0.2, 0.25) is 5.91 Å². The van der Waals surface area contributed by atoms with E-state index < -0.39 is 5.79 Å². The molecule has 1 heterocycles. The minimum absolute atomic E-state index is 0.0427. The van der Waals surface area contributed by atoms with Crippen molar-refractivity contribution in [3.8, 4) is 0 Å². The number of nitrogens with two attached hydrogens (primary N) is 1. The molecule has 3 N–H and O–H groups in total. The number of carbonyl (C=O) groups is 1. The van der Waals surface area contributed by atoms with Gasteiger partial charge in [0, 0.05) is 17.7 Å². The molecule has 1 aliphatic heterocycles. The summed E-state index contributed by atoms with van der Waals surface area (Å²) in [6, 6.07) is 7.66. The molecule has 1 aliphatic rings. The molecule has 5 nitrogen and oxygen atoms in total. The number of rotatable bonds is 7. The van der Waals surface area contributed by atoms with Gasteiger partial charge < -0.3 is 20.5 Å². The fourth-order valence-corrected chi connectivity index (χ4v) is 2.49. The van der Waals surface area contributed by atoms with Gasteiger partial charge in [-0.2, -0.15) is 0 Å². The zero-order chi connectivity index (χ0) is 15.8. The van der Waals surface area contributed by atoms with Gasteiger partial charge in [0.05, 0.1) is 13.2 Å². The lowest BCUT2D eigenvalue weighted by molar-refractivity contribution is -0.264. The minimum atomic E-state index is -0.678. The molecule has 0 spiro atoms. The Labute approximate surface area is 132 Å². The molecule has 1 amide bonds. The first kappa shape index (κ1) is 16.9. The van der Waals surface area contributed by atoms with Crippen LogP contribution in [0, 0.1) is 0 Å². The number of carbonyl (C=O) groups excluding carboxylic acids is 1. The second-order valence-electron chi connectivity index (χ2n) is 5.72. The maximum absolute atomic E-state index is 11.8. The summed E-state index contributed by atoms with van der Waals surface area (Å²) in [5, 5.41) is 2.91. The molecule has 1 fully saturated rings. The average molecular weight is 306 g/mol. The summed E-state index contributed by atoms with van der Waals surface area (Å²) in [7, 11) is 0. The maximum Gasteiger partial charge on any atom is 0.224 e. The highest BCUT2D eigenvalue weighted by Gasteiger charge is 2.30. The second kappa shape index (κ2) is 8.27. The van der Waals surface area contributed by atoms with Crippen LogP contribution in [-0.2, 0) is 20.1 Å². The summed E-state index contributed by atoms with van der Waals surface area (Å²) in [5.41, 5.74) is 7.20. The van der Waals surface area contributed by atoms with Crippen molar-refractivity contribution in [2.45, 2.75) is 44.8 Å². The molecular weight excluding hydrogens is 280 g/mol. The van der Waals surface area contributed by atoms with Gasteiger partial charge in [0.1, 0.15) is 0 Å². The van der Waals surface area contributed by atoms with Gasteiger partial charge in [-0.05, 0) is 44.9 Å². The highest BCUT2D eigenvalue weighted by Crippen LogP contribution is 2.30. The minimum Gasteiger partial charge on any atom is -0.346 e. The van der Waals surface area contributed by atoms with E-state index in [-0.39, 0.29) is 5.91 Å². The smallest absolute Gasteiger partial charge is 0.224 e. The van der Waals surface area contributed by atoms with E-state index in [1.165, 1.54) is 0 Å². The number of hydrogen-bond donors (Lipinski definition) is 2. The van der Waals surface area contributed by atoms with Crippen molar-refractivity contribution < 1.29 is 14.3 Å². The van der Waals surface area contributed by atoms with Crippen LogP contribution in [-0.4, -0.2) is 25.7 Å². The monoisotopic (exact) mass is 306 g/mol. The first-order valence-corrected chi connectivity index (χ1v) is 8.02. The summed E-state index contributed by atoms with van der Waals surface area (Å²) in [6.07, 6.45) is 4.30. The number of ether oxygens (including phenoxy) is 2. The zero-order valence-corrected chi connectivity index (χ0v) is 13.3. The Kier molecular flexibility index (Phi) is 6.36. The summed E-state index contributed by atoms with van der Waals surface area (Å²) in [5.74, 6) is -0.635. The first-order valence-electron chi connectivity index (χ1n) is 8.02. The van der Waals surface area contributed by atoms with Crippen LogP contribution in [0.3, 0.4) is 0 Å². The number of nitrogens with one attached hydrogen (secondary N) is 1. The lowest BCUT2D eigenvalue weighted by atomic mass is 10.1. The Morgan fingerprint density at radius 2 is 1.86 bits per heavy atom. The van der Waals surface area contributed by atoms with Crippen LogP contribution in [0.5, 0.6) is 0 Å². The highest BCUT2D eigenvalue weighted by molar-refractivity contribution is 5.90. The summed E-state index contributed by atoms with van der Waals surface area (Å²) in [4.78, 5) is 11.8. The number of benzene rings is 1. The fraction of sp³-hybridized carbons (Fsp3) is 0.588. The topological polar surface area (TPSA) is 73.6 Å². The maximum atomic E-state index is 11.8. The van der Waals surface area contributed by atoms with Gasteiger partial charge in [-0.25, -0.2) is 0 Å². The molecule has 0 unspecified atom stereocenters. The third kappa shape index (κ3) is 4.80. The Bertz CT molecular complexity index is 467. The molecule has 22 heavy (non-hydrogen) atoms. The molecule has 122 valence electrons. The van der Waals surface area contributed by atoms with Gasteiger partial charge in [0.15, 0.2) is 5.79 Å². The fourth-order valence-electron chi connectivity index (χ4n) is 2.49. The Balaban J connectivity index is 1.85. The number of anilines is 1. The molecule has 0 radical (unpaired) electrons. The van der Waals surface area contributed by atoms with Crippen LogP contribution < -0.4 is 11.1 Å². The van der Waals surface area contributed by atoms with Gasteiger partial charge in [-0.1, -0.05) is 18.6 Å². The van der Waals surface area contributed by atoms with Crippen LogP contribution >= 0.6 is 0 Å². The van der Waals surface area contributed by atoms with Crippen LogP contribution in [0.15, 0.2) is 24.3 Å². The van der Waals surface area contributed by atoms with E-state index in [1.807, 2.05) is 31.2 Å². The molecule has 0 atom stereocenters. The van der Waals surface area contributed by atoms with E-state index in [2.05, 4.69) is 5.32 Å². The number of hydrogen-bond acceptors (Lipinski definition) is 4. The van der Waals surface area contributed by atoms with E-state index >= 15 is 0 Å². The summed E-state index contributed by atoms with van der Waals surface area (Å²) >= 11 is 0. The molecule has 2 rings (SSSR count). The van der Waals surface area contributed by atoms with Crippen molar-refractivity contribution >= 4 is 11.6 Å². The van der Waals surface area contributed by atoms with E-state index in [0.29, 0.717) is 26.2 Å². The van der Waals surface area contributed by atoms with Crippen molar-refractivity contribution in [3.05, 3.63) is 29.8 Å². The predicted octanol–water partition coefficient (Wildman–Crippen LogP) is 2.75. The van der Waals surface area contributed by atoms with E-state index in [1.54, 1.807) is 0 Å².